The van der Waals surface area contributed by atoms with Crippen LogP contribution in [-0.4, -0.2) is 28.2 Å². The van der Waals surface area contributed by atoms with Crippen LogP contribution in [0.4, 0.5) is 0 Å². The molecule has 0 unspecified atom stereocenters. The molecule has 25 heavy (non-hydrogen) atoms. The Kier molecular flexibility index (Phi) is 8.76. The summed E-state index contributed by atoms with van der Waals surface area (Å²) in [5.74, 6) is 0.529. The number of hydrogen-bond donors (Lipinski definition) is 0. The van der Waals surface area contributed by atoms with Gasteiger partial charge in [0.15, 0.2) is 0 Å². The Balaban J connectivity index is 1.38. The van der Waals surface area contributed by atoms with Gasteiger partial charge in [-0.25, -0.2) is 8.42 Å². The molecule has 0 aliphatic carbocycles. The van der Waals surface area contributed by atoms with Crippen molar-refractivity contribution < 1.29 is 17.9 Å². The molecule has 0 radical (unpaired) electrons. The van der Waals surface area contributed by atoms with E-state index in [0.717, 1.165) is 26.1 Å². The van der Waals surface area contributed by atoms with Gasteiger partial charge in [-0.1, -0.05) is 51.4 Å². The molecule has 0 amide bonds. The molecule has 2 rings (SSSR count). The second-order valence-electron chi connectivity index (χ2n) is 6.69. The van der Waals surface area contributed by atoms with E-state index < -0.39 is 9.84 Å². The van der Waals surface area contributed by atoms with Gasteiger partial charge in [-0.3, -0.25) is 0 Å². The largest absolute Gasteiger partial charge is 0.492 e. The monoisotopic (exact) mass is 368 g/mol. The summed E-state index contributed by atoms with van der Waals surface area (Å²) >= 11 is 0. The Labute approximate surface area is 152 Å². The lowest BCUT2D eigenvalue weighted by atomic mass is 10.1. The van der Waals surface area contributed by atoms with Crippen molar-refractivity contribution >= 4 is 9.84 Å². The van der Waals surface area contributed by atoms with E-state index in [-0.39, 0.29) is 0 Å². The van der Waals surface area contributed by atoms with Gasteiger partial charge in [0.2, 0.25) is 9.84 Å². The predicted molar refractivity (Wildman–Crippen MR) is 102 cm³/mol. The maximum Gasteiger partial charge on any atom is 0.210 e. The lowest BCUT2D eigenvalue weighted by molar-refractivity contribution is 0.143. The summed E-state index contributed by atoms with van der Waals surface area (Å²) in [4.78, 5) is 0.708. The fraction of sp³-hybridized carbons (Fsp3) is 0.700. The Morgan fingerprint density at radius 1 is 0.800 bits per heavy atom. The molecule has 4 nitrogen and oxygen atoms in total. The molecule has 0 atom stereocenters. The van der Waals surface area contributed by atoms with Crippen LogP contribution < -0.4 is 0 Å². The molecule has 2 aliphatic rings. The van der Waals surface area contributed by atoms with Gasteiger partial charge in [0.05, 0.1) is 11.5 Å². The third-order valence-electron chi connectivity index (χ3n) is 4.66. The molecular weight excluding hydrogens is 336 g/mol. The lowest BCUT2D eigenvalue weighted by Crippen LogP contribution is -1.97. The minimum absolute atomic E-state index is 0.337. The average molecular weight is 369 g/mol. The van der Waals surface area contributed by atoms with Gasteiger partial charge in [0.1, 0.15) is 10.7 Å². The smallest absolute Gasteiger partial charge is 0.210 e. The van der Waals surface area contributed by atoms with Gasteiger partial charge in [-0.15, -0.1) is 0 Å². The molecule has 5 heteroatoms. The molecule has 0 aromatic rings. The maximum atomic E-state index is 11.8. The number of unbranched alkanes of at least 4 members (excludes halogenated alkanes) is 9. The number of sulfone groups is 1. The predicted octanol–water partition coefficient (Wildman–Crippen LogP) is 5.03. The standard InChI is InChI=1S/C20H32O4S/c1-2-23-15-11-9-7-5-3-4-6-8-10-12-16-24-19-17-18-13-14-20(19)25(18,21)22/h13-14,17H,2-12,15-16H2,1H3. The SMILES string of the molecule is CCOCCCCCCCCCCCCOC1=C2C=CC(=C1)S2(=O)=O. The van der Waals surface area contributed by atoms with E-state index >= 15 is 0 Å². The number of fused-ring (bicyclic) bond motifs is 2. The van der Waals surface area contributed by atoms with E-state index in [9.17, 15) is 8.42 Å². The molecule has 142 valence electrons. The first-order valence-electron chi connectivity index (χ1n) is 9.76. The summed E-state index contributed by atoms with van der Waals surface area (Å²) in [7, 11) is -3.21. The van der Waals surface area contributed by atoms with E-state index in [4.69, 9.17) is 9.47 Å². The first-order chi connectivity index (χ1) is 12.2. The highest BCUT2D eigenvalue weighted by Crippen LogP contribution is 2.37. The third-order valence-corrected chi connectivity index (χ3v) is 6.45. The van der Waals surface area contributed by atoms with Gasteiger partial charge < -0.3 is 9.47 Å². The first kappa shape index (κ1) is 20.2. The highest BCUT2D eigenvalue weighted by Gasteiger charge is 2.34. The molecule has 0 saturated carbocycles. The van der Waals surface area contributed by atoms with Crippen molar-refractivity contribution in [2.45, 2.75) is 71.1 Å². The van der Waals surface area contributed by atoms with Crippen molar-refractivity contribution in [1.29, 1.82) is 0 Å². The van der Waals surface area contributed by atoms with E-state index in [1.165, 1.54) is 51.4 Å². The number of allylic oxidation sites excluding steroid dienone is 3. The molecule has 0 N–H and O–H groups in total. The number of hydrogen-bond acceptors (Lipinski definition) is 4. The summed E-state index contributed by atoms with van der Waals surface area (Å²) in [5.41, 5.74) is 0. The number of ether oxygens (including phenoxy) is 2. The van der Waals surface area contributed by atoms with Crippen molar-refractivity contribution in [3.8, 4) is 0 Å². The highest BCUT2D eigenvalue weighted by molar-refractivity contribution is 8.00. The highest BCUT2D eigenvalue weighted by atomic mass is 32.2. The minimum atomic E-state index is -3.21. The quantitative estimate of drug-likeness (QED) is 0.380. The van der Waals surface area contributed by atoms with Crippen LogP contribution in [-0.2, 0) is 19.3 Å². The van der Waals surface area contributed by atoms with Crippen LogP contribution in [0.5, 0.6) is 0 Å². The Bertz CT molecular complexity index is 599. The van der Waals surface area contributed by atoms with E-state index in [2.05, 4.69) is 0 Å². The van der Waals surface area contributed by atoms with Crippen LogP contribution in [0.25, 0.3) is 0 Å². The maximum absolute atomic E-state index is 11.8. The number of rotatable bonds is 15. The Hall–Kier alpha value is -1.07. The van der Waals surface area contributed by atoms with Crippen molar-refractivity contribution in [3.63, 3.8) is 0 Å². The van der Waals surface area contributed by atoms with Crippen LogP contribution >= 0.6 is 0 Å². The Morgan fingerprint density at radius 2 is 1.36 bits per heavy atom. The topological polar surface area (TPSA) is 52.6 Å². The van der Waals surface area contributed by atoms with Crippen molar-refractivity contribution in [2.75, 3.05) is 19.8 Å². The molecule has 0 aromatic carbocycles. The molecule has 0 fully saturated rings. The zero-order valence-electron chi connectivity index (χ0n) is 15.5. The average Bonchev–Trinajstić information content (AvgIpc) is 3.02. The molecule has 2 heterocycles. The van der Waals surface area contributed by atoms with Gasteiger partial charge in [-0.2, -0.15) is 0 Å². The first-order valence-corrected chi connectivity index (χ1v) is 11.2. The Morgan fingerprint density at radius 3 is 1.84 bits per heavy atom. The van der Waals surface area contributed by atoms with Crippen LogP contribution in [0.1, 0.15) is 71.1 Å². The molecule has 0 aromatic heterocycles. The summed E-state index contributed by atoms with van der Waals surface area (Å²) < 4.78 is 34.6. The zero-order valence-corrected chi connectivity index (χ0v) is 16.3. The summed E-state index contributed by atoms with van der Waals surface area (Å²) in [6, 6.07) is 0. The van der Waals surface area contributed by atoms with Gasteiger partial charge in [-0.05, 0) is 31.9 Å². The second-order valence-corrected chi connectivity index (χ2v) is 8.61. The molecule has 2 bridgehead atoms. The van der Waals surface area contributed by atoms with Crippen LogP contribution in [0.15, 0.2) is 33.8 Å². The van der Waals surface area contributed by atoms with E-state index in [1.54, 1.807) is 18.2 Å². The summed E-state index contributed by atoms with van der Waals surface area (Å²) in [6.07, 6.45) is 17.4. The fourth-order valence-corrected chi connectivity index (χ4v) is 4.56. The summed E-state index contributed by atoms with van der Waals surface area (Å²) in [5, 5.41) is 0. The molecule has 0 saturated heterocycles. The van der Waals surface area contributed by atoms with Gasteiger partial charge in [0, 0.05) is 19.3 Å². The van der Waals surface area contributed by atoms with Crippen LogP contribution in [0, 0.1) is 0 Å². The van der Waals surface area contributed by atoms with E-state index in [1.807, 2.05) is 6.92 Å². The molecule has 2 aliphatic heterocycles. The van der Waals surface area contributed by atoms with Gasteiger partial charge in [0.25, 0.3) is 0 Å². The molecular formula is C20H32O4S. The normalized spacial score (nSPS) is 17.4. The van der Waals surface area contributed by atoms with Crippen molar-refractivity contribution in [1.82, 2.24) is 0 Å². The second kappa shape index (κ2) is 10.8. The van der Waals surface area contributed by atoms with Crippen LogP contribution in [0.3, 0.4) is 0 Å². The van der Waals surface area contributed by atoms with E-state index in [0.29, 0.717) is 22.2 Å². The van der Waals surface area contributed by atoms with Crippen molar-refractivity contribution in [2.24, 2.45) is 0 Å². The van der Waals surface area contributed by atoms with Crippen molar-refractivity contribution in [3.05, 3.63) is 33.8 Å². The minimum Gasteiger partial charge on any atom is -0.492 e. The lowest BCUT2D eigenvalue weighted by Gasteiger charge is -2.07. The fourth-order valence-electron chi connectivity index (χ4n) is 3.16. The summed E-state index contributed by atoms with van der Waals surface area (Å²) in [6.45, 7) is 4.39. The third kappa shape index (κ3) is 6.30. The zero-order chi connectivity index (χ0) is 18.0. The molecule has 0 spiro atoms. The van der Waals surface area contributed by atoms with Crippen LogP contribution in [0.2, 0.25) is 0 Å². The van der Waals surface area contributed by atoms with Gasteiger partial charge >= 0.3 is 0 Å².